The standard InChI is InChI=1S/C21H32N2O4/c1-4-6-7-23-8-9-25-14-18(23)21(24)22-13-17-12-20-16(10-15(3)27-20)11-19(17)26-5-2/h11-12,15,18H,4-10,13-14H2,1-3H3,(H,22,24). The van der Waals surface area contributed by atoms with Crippen LogP contribution in [0.2, 0.25) is 0 Å². The summed E-state index contributed by atoms with van der Waals surface area (Å²) in [5.41, 5.74) is 2.13. The molecular formula is C21H32N2O4. The third-order valence-corrected chi connectivity index (χ3v) is 5.17. The lowest BCUT2D eigenvalue weighted by atomic mass is 10.1. The first-order valence-corrected chi connectivity index (χ1v) is 10.2. The average Bonchev–Trinajstić information content (AvgIpc) is 3.03. The van der Waals surface area contributed by atoms with Gasteiger partial charge in [-0.25, -0.2) is 0 Å². The van der Waals surface area contributed by atoms with Gasteiger partial charge in [0, 0.05) is 30.6 Å². The highest BCUT2D eigenvalue weighted by molar-refractivity contribution is 5.82. The first-order chi connectivity index (χ1) is 13.1. The Kier molecular flexibility index (Phi) is 6.96. The largest absolute Gasteiger partial charge is 0.494 e. The number of carbonyl (C=O) groups is 1. The number of morpholine rings is 1. The molecule has 2 heterocycles. The zero-order valence-corrected chi connectivity index (χ0v) is 16.8. The van der Waals surface area contributed by atoms with E-state index < -0.39 is 0 Å². The van der Waals surface area contributed by atoms with Crippen LogP contribution in [0.1, 0.15) is 44.7 Å². The first kappa shape index (κ1) is 20.0. The van der Waals surface area contributed by atoms with E-state index in [-0.39, 0.29) is 18.1 Å². The number of nitrogens with zero attached hydrogens (tertiary/aromatic N) is 1. The molecule has 1 aromatic rings. The van der Waals surface area contributed by atoms with Gasteiger partial charge in [0.15, 0.2) is 0 Å². The number of hydrogen-bond acceptors (Lipinski definition) is 5. The molecule has 2 aliphatic rings. The van der Waals surface area contributed by atoms with Gasteiger partial charge in [-0.1, -0.05) is 13.3 Å². The van der Waals surface area contributed by atoms with Crippen molar-refractivity contribution in [2.24, 2.45) is 0 Å². The number of carbonyl (C=O) groups excluding carboxylic acids is 1. The monoisotopic (exact) mass is 376 g/mol. The van der Waals surface area contributed by atoms with Gasteiger partial charge >= 0.3 is 0 Å². The van der Waals surface area contributed by atoms with Gasteiger partial charge in [-0.3, -0.25) is 9.69 Å². The fraction of sp³-hybridized carbons (Fsp3) is 0.667. The van der Waals surface area contributed by atoms with Crippen molar-refractivity contribution in [1.29, 1.82) is 0 Å². The maximum absolute atomic E-state index is 12.8. The number of amides is 1. The predicted molar refractivity (Wildman–Crippen MR) is 104 cm³/mol. The van der Waals surface area contributed by atoms with E-state index in [0.717, 1.165) is 49.4 Å². The van der Waals surface area contributed by atoms with E-state index in [1.165, 1.54) is 5.56 Å². The Bertz CT molecular complexity index is 649. The number of unbranched alkanes of at least 4 members (excludes halogenated alkanes) is 1. The summed E-state index contributed by atoms with van der Waals surface area (Å²) in [5.74, 6) is 1.75. The lowest BCUT2D eigenvalue weighted by Gasteiger charge is -2.34. The molecule has 0 aromatic heterocycles. The second-order valence-corrected chi connectivity index (χ2v) is 7.33. The van der Waals surface area contributed by atoms with Crippen LogP contribution in [0.3, 0.4) is 0 Å². The zero-order chi connectivity index (χ0) is 19.2. The maximum atomic E-state index is 12.8. The van der Waals surface area contributed by atoms with Crippen molar-refractivity contribution in [3.8, 4) is 11.5 Å². The van der Waals surface area contributed by atoms with Crippen molar-refractivity contribution < 1.29 is 19.0 Å². The highest BCUT2D eigenvalue weighted by Gasteiger charge is 2.29. The summed E-state index contributed by atoms with van der Waals surface area (Å²) in [6, 6.07) is 3.85. The van der Waals surface area contributed by atoms with E-state index in [0.29, 0.717) is 26.4 Å². The molecular weight excluding hydrogens is 344 g/mol. The molecule has 0 saturated carbocycles. The molecule has 1 amide bonds. The van der Waals surface area contributed by atoms with Gasteiger partial charge in [-0.05, 0) is 38.9 Å². The van der Waals surface area contributed by atoms with Crippen LogP contribution in [0.4, 0.5) is 0 Å². The predicted octanol–water partition coefficient (Wildman–Crippen LogP) is 2.53. The Morgan fingerprint density at radius 3 is 3.00 bits per heavy atom. The number of ether oxygens (including phenoxy) is 3. The van der Waals surface area contributed by atoms with Crippen molar-refractivity contribution in [2.75, 3.05) is 32.9 Å². The van der Waals surface area contributed by atoms with Gasteiger partial charge in [0.1, 0.15) is 23.6 Å². The molecule has 1 N–H and O–H groups in total. The summed E-state index contributed by atoms with van der Waals surface area (Å²) in [6.07, 6.45) is 3.30. The van der Waals surface area contributed by atoms with Crippen LogP contribution < -0.4 is 14.8 Å². The Morgan fingerprint density at radius 1 is 1.37 bits per heavy atom. The summed E-state index contributed by atoms with van der Waals surface area (Å²) in [5, 5.41) is 3.08. The number of nitrogens with one attached hydrogen (secondary N) is 1. The Morgan fingerprint density at radius 2 is 2.22 bits per heavy atom. The van der Waals surface area contributed by atoms with Gasteiger partial charge in [0.2, 0.25) is 5.91 Å². The SMILES string of the molecule is CCCCN1CCOCC1C(=O)NCc1cc2c(cc1OCC)CC(C)O2. The highest BCUT2D eigenvalue weighted by Crippen LogP contribution is 2.35. The average molecular weight is 376 g/mol. The third kappa shape index (κ3) is 4.93. The molecule has 1 fully saturated rings. The lowest BCUT2D eigenvalue weighted by Crippen LogP contribution is -2.53. The second-order valence-electron chi connectivity index (χ2n) is 7.33. The molecule has 150 valence electrons. The van der Waals surface area contributed by atoms with E-state index in [9.17, 15) is 4.79 Å². The molecule has 1 aromatic carbocycles. The summed E-state index contributed by atoms with van der Waals surface area (Å²) in [6.45, 7) is 10.1. The van der Waals surface area contributed by atoms with E-state index >= 15 is 0 Å². The molecule has 0 bridgehead atoms. The van der Waals surface area contributed by atoms with Crippen LogP contribution >= 0.6 is 0 Å². The summed E-state index contributed by atoms with van der Waals surface area (Å²) in [4.78, 5) is 15.0. The summed E-state index contributed by atoms with van der Waals surface area (Å²) < 4.78 is 17.2. The van der Waals surface area contributed by atoms with Crippen LogP contribution in [0.15, 0.2) is 12.1 Å². The molecule has 6 nitrogen and oxygen atoms in total. The summed E-state index contributed by atoms with van der Waals surface area (Å²) in [7, 11) is 0. The molecule has 0 aliphatic carbocycles. The molecule has 0 spiro atoms. The smallest absolute Gasteiger partial charge is 0.240 e. The first-order valence-electron chi connectivity index (χ1n) is 10.2. The number of rotatable bonds is 8. The normalized spacial score (nSPS) is 22.2. The van der Waals surface area contributed by atoms with Gasteiger partial charge in [-0.2, -0.15) is 0 Å². The van der Waals surface area contributed by atoms with Crippen LogP contribution in [0.25, 0.3) is 0 Å². The van der Waals surface area contributed by atoms with Crippen molar-refractivity contribution in [1.82, 2.24) is 10.2 Å². The molecule has 2 unspecified atom stereocenters. The quantitative estimate of drug-likeness (QED) is 0.755. The highest BCUT2D eigenvalue weighted by atomic mass is 16.5. The minimum Gasteiger partial charge on any atom is -0.494 e. The molecule has 27 heavy (non-hydrogen) atoms. The van der Waals surface area contributed by atoms with E-state index in [4.69, 9.17) is 14.2 Å². The van der Waals surface area contributed by atoms with Gasteiger partial charge in [-0.15, -0.1) is 0 Å². The van der Waals surface area contributed by atoms with Crippen molar-refractivity contribution in [3.63, 3.8) is 0 Å². The van der Waals surface area contributed by atoms with Crippen LogP contribution in [0, 0.1) is 0 Å². The summed E-state index contributed by atoms with van der Waals surface area (Å²) >= 11 is 0. The molecule has 3 rings (SSSR count). The van der Waals surface area contributed by atoms with Gasteiger partial charge in [0.25, 0.3) is 0 Å². The van der Waals surface area contributed by atoms with Gasteiger partial charge < -0.3 is 19.5 Å². The van der Waals surface area contributed by atoms with E-state index in [2.05, 4.69) is 30.1 Å². The second kappa shape index (κ2) is 9.42. The topological polar surface area (TPSA) is 60.0 Å². The van der Waals surface area contributed by atoms with Crippen molar-refractivity contribution >= 4 is 5.91 Å². The minimum absolute atomic E-state index is 0.0167. The Balaban J connectivity index is 1.66. The lowest BCUT2D eigenvalue weighted by molar-refractivity contribution is -0.132. The molecule has 0 radical (unpaired) electrons. The van der Waals surface area contributed by atoms with E-state index in [1.54, 1.807) is 0 Å². The van der Waals surface area contributed by atoms with Crippen molar-refractivity contribution in [2.45, 2.75) is 58.7 Å². The third-order valence-electron chi connectivity index (χ3n) is 5.17. The van der Waals surface area contributed by atoms with Crippen LogP contribution in [-0.2, 0) is 22.5 Å². The maximum Gasteiger partial charge on any atom is 0.240 e. The van der Waals surface area contributed by atoms with E-state index in [1.807, 2.05) is 13.0 Å². The van der Waals surface area contributed by atoms with Gasteiger partial charge in [0.05, 0.1) is 19.8 Å². The fourth-order valence-corrected chi connectivity index (χ4v) is 3.72. The number of fused-ring (bicyclic) bond motifs is 1. The number of benzene rings is 1. The van der Waals surface area contributed by atoms with Crippen molar-refractivity contribution in [3.05, 3.63) is 23.3 Å². The number of hydrogen-bond donors (Lipinski definition) is 1. The Hall–Kier alpha value is -1.79. The van der Waals surface area contributed by atoms with Crippen LogP contribution in [0.5, 0.6) is 11.5 Å². The molecule has 2 atom stereocenters. The Labute approximate surface area is 162 Å². The molecule has 1 saturated heterocycles. The molecule has 6 heteroatoms. The molecule has 2 aliphatic heterocycles. The fourth-order valence-electron chi connectivity index (χ4n) is 3.72. The minimum atomic E-state index is -0.216. The zero-order valence-electron chi connectivity index (χ0n) is 16.8. The van der Waals surface area contributed by atoms with Crippen LogP contribution in [-0.4, -0.2) is 55.9 Å².